The van der Waals surface area contributed by atoms with Crippen LogP contribution in [0.3, 0.4) is 0 Å². The van der Waals surface area contributed by atoms with Gasteiger partial charge in [0.1, 0.15) is 11.7 Å². The zero-order chi connectivity index (χ0) is 14.8. The Morgan fingerprint density at radius 1 is 1.32 bits per heavy atom. The predicted molar refractivity (Wildman–Crippen MR) is 69.9 cm³/mol. The SMILES string of the molecule is CC(C)(C)OC(=O)N1C[C@H](CO)O[C@H](C(C)(C)O)C1. The third kappa shape index (κ3) is 4.97. The molecule has 0 aromatic heterocycles. The maximum absolute atomic E-state index is 12.0. The topological polar surface area (TPSA) is 79.2 Å². The first kappa shape index (κ1) is 16.2. The number of hydrogen-bond acceptors (Lipinski definition) is 5. The molecule has 0 saturated carbocycles. The van der Waals surface area contributed by atoms with E-state index < -0.39 is 29.5 Å². The van der Waals surface area contributed by atoms with Gasteiger partial charge in [0.15, 0.2) is 0 Å². The molecule has 2 atom stereocenters. The van der Waals surface area contributed by atoms with Gasteiger partial charge in [-0.2, -0.15) is 0 Å². The van der Waals surface area contributed by atoms with Crippen LogP contribution in [0.4, 0.5) is 4.79 Å². The van der Waals surface area contributed by atoms with E-state index in [2.05, 4.69) is 0 Å². The molecular weight excluding hydrogens is 250 g/mol. The van der Waals surface area contributed by atoms with Gasteiger partial charge in [0, 0.05) is 0 Å². The van der Waals surface area contributed by atoms with Crippen molar-refractivity contribution in [1.29, 1.82) is 0 Å². The van der Waals surface area contributed by atoms with E-state index in [1.54, 1.807) is 34.6 Å². The lowest BCUT2D eigenvalue weighted by atomic mass is 9.99. The maximum Gasteiger partial charge on any atom is 0.410 e. The Kier molecular flexibility index (Phi) is 4.81. The summed E-state index contributed by atoms with van der Waals surface area (Å²) in [6.45, 7) is 8.92. The fourth-order valence-corrected chi connectivity index (χ4v) is 1.81. The van der Waals surface area contributed by atoms with Crippen LogP contribution in [0, 0.1) is 0 Å². The molecule has 1 fully saturated rings. The standard InChI is InChI=1S/C13H25NO5/c1-12(2,3)19-11(16)14-6-9(8-15)18-10(7-14)13(4,5)17/h9-10,15,17H,6-8H2,1-5H3/t9-,10+/m1/s1. The second kappa shape index (κ2) is 5.64. The van der Waals surface area contributed by atoms with Gasteiger partial charge in [0.25, 0.3) is 0 Å². The van der Waals surface area contributed by atoms with Crippen molar-refractivity contribution in [3.63, 3.8) is 0 Å². The number of carbonyl (C=O) groups is 1. The number of ether oxygens (including phenoxy) is 2. The Balaban J connectivity index is 2.75. The summed E-state index contributed by atoms with van der Waals surface area (Å²) >= 11 is 0. The van der Waals surface area contributed by atoms with E-state index in [1.165, 1.54) is 4.90 Å². The number of amides is 1. The highest BCUT2D eigenvalue weighted by Crippen LogP contribution is 2.22. The molecule has 0 aromatic rings. The van der Waals surface area contributed by atoms with E-state index in [0.29, 0.717) is 0 Å². The van der Waals surface area contributed by atoms with Crippen LogP contribution in [0.5, 0.6) is 0 Å². The fourth-order valence-electron chi connectivity index (χ4n) is 1.81. The lowest BCUT2D eigenvalue weighted by Gasteiger charge is -2.42. The summed E-state index contributed by atoms with van der Waals surface area (Å²) in [7, 11) is 0. The van der Waals surface area contributed by atoms with E-state index in [4.69, 9.17) is 9.47 Å². The highest BCUT2D eigenvalue weighted by molar-refractivity contribution is 5.68. The van der Waals surface area contributed by atoms with Crippen LogP contribution in [0.25, 0.3) is 0 Å². The number of rotatable bonds is 2. The van der Waals surface area contributed by atoms with E-state index in [0.717, 1.165) is 0 Å². The third-order valence-corrected chi connectivity index (χ3v) is 2.81. The molecule has 19 heavy (non-hydrogen) atoms. The number of aliphatic hydroxyl groups is 2. The molecule has 0 aromatic carbocycles. The summed E-state index contributed by atoms with van der Waals surface area (Å²) < 4.78 is 10.9. The van der Waals surface area contributed by atoms with Crippen molar-refractivity contribution >= 4 is 6.09 Å². The van der Waals surface area contributed by atoms with Crippen molar-refractivity contribution in [2.45, 2.75) is 58.0 Å². The van der Waals surface area contributed by atoms with Crippen molar-refractivity contribution < 1.29 is 24.5 Å². The molecule has 6 heteroatoms. The molecule has 0 bridgehead atoms. The largest absolute Gasteiger partial charge is 0.444 e. The van der Waals surface area contributed by atoms with Crippen LogP contribution in [-0.4, -0.2) is 64.3 Å². The van der Waals surface area contributed by atoms with Gasteiger partial charge in [-0.3, -0.25) is 0 Å². The van der Waals surface area contributed by atoms with Crippen LogP contribution in [0.15, 0.2) is 0 Å². The first-order valence-electron chi connectivity index (χ1n) is 6.49. The number of hydrogen-bond donors (Lipinski definition) is 2. The highest BCUT2D eigenvalue weighted by atomic mass is 16.6. The van der Waals surface area contributed by atoms with Crippen molar-refractivity contribution in [3.8, 4) is 0 Å². The monoisotopic (exact) mass is 275 g/mol. The van der Waals surface area contributed by atoms with Gasteiger partial charge in [-0.15, -0.1) is 0 Å². The number of nitrogens with zero attached hydrogens (tertiary/aromatic N) is 1. The number of aliphatic hydroxyl groups excluding tert-OH is 1. The third-order valence-electron chi connectivity index (χ3n) is 2.81. The molecule has 0 unspecified atom stereocenters. The van der Waals surface area contributed by atoms with Crippen molar-refractivity contribution in [2.24, 2.45) is 0 Å². The Hall–Kier alpha value is -0.850. The van der Waals surface area contributed by atoms with Gasteiger partial charge in [-0.1, -0.05) is 0 Å². The predicted octanol–water partition coefficient (Wildman–Crippen LogP) is 0.754. The molecular formula is C13H25NO5. The van der Waals surface area contributed by atoms with Crippen molar-refractivity contribution in [2.75, 3.05) is 19.7 Å². The van der Waals surface area contributed by atoms with Crippen LogP contribution >= 0.6 is 0 Å². The minimum Gasteiger partial charge on any atom is -0.444 e. The zero-order valence-electron chi connectivity index (χ0n) is 12.3. The molecule has 1 heterocycles. The molecule has 1 rings (SSSR count). The summed E-state index contributed by atoms with van der Waals surface area (Å²) in [5.41, 5.74) is -1.66. The second-order valence-electron chi connectivity index (χ2n) is 6.47. The molecule has 2 N–H and O–H groups in total. The summed E-state index contributed by atoms with van der Waals surface area (Å²) in [4.78, 5) is 13.5. The molecule has 1 saturated heterocycles. The molecule has 112 valence electrons. The van der Waals surface area contributed by atoms with Gasteiger partial charge in [-0.05, 0) is 34.6 Å². The lowest BCUT2D eigenvalue weighted by molar-refractivity contribution is -0.166. The molecule has 1 amide bonds. The van der Waals surface area contributed by atoms with Gasteiger partial charge < -0.3 is 24.6 Å². The number of carbonyl (C=O) groups excluding carboxylic acids is 1. The lowest BCUT2D eigenvalue weighted by Crippen LogP contribution is -2.58. The molecule has 0 radical (unpaired) electrons. The molecule has 6 nitrogen and oxygen atoms in total. The Labute approximate surface area is 114 Å². The van der Waals surface area contributed by atoms with Gasteiger partial charge in [0.05, 0.1) is 31.4 Å². The van der Waals surface area contributed by atoms with Crippen molar-refractivity contribution in [3.05, 3.63) is 0 Å². The molecule has 0 aliphatic carbocycles. The van der Waals surface area contributed by atoms with Crippen LogP contribution < -0.4 is 0 Å². The molecule has 1 aliphatic rings. The average Bonchev–Trinajstić information content (AvgIpc) is 2.25. The van der Waals surface area contributed by atoms with E-state index in [-0.39, 0.29) is 19.7 Å². The Morgan fingerprint density at radius 3 is 2.32 bits per heavy atom. The minimum atomic E-state index is -1.09. The first-order chi connectivity index (χ1) is 8.53. The second-order valence-corrected chi connectivity index (χ2v) is 6.47. The van der Waals surface area contributed by atoms with Crippen LogP contribution in [0.1, 0.15) is 34.6 Å². The van der Waals surface area contributed by atoms with Gasteiger partial charge in [0.2, 0.25) is 0 Å². The quantitative estimate of drug-likeness (QED) is 0.777. The summed E-state index contributed by atoms with van der Waals surface area (Å²) in [5, 5.41) is 19.2. The average molecular weight is 275 g/mol. The molecule has 1 aliphatic heterocycles. The Bertz CT molecular complexity index is 318. The van der Waals surface area contributed by atoms with E-state index in [1.807, 2.05) is 0 Å². The van der Waals surface area contributed by atoms with Crippen LogP contribution in [0.2, 0.25) is 0 Å². The highest BCUT2D eigenvalue weighted by Gasteiger charge is 2.39. The van der Waals surface area contributed by atoms with E-state index in [9.17, 15) is 15.0 Å². The zero-order valence-corrected chi connectivity index (χ0v) is 12.3. The van der Waals surface area contributed by atoms with Gasteiger partial charge in [-0.25, -0.2) is 4.79 Å². The van der Waals surface area contributed by atoms with E-state index >= 15 is 0 Å². The summed E-state index contributed by atoms with van der Waals surface area (Å²) in [5.74, 6) is 0. The number of morpholine rings is 1. The first-order valence-corrected chi connectivity index (χ1v) is 6.49. The maximum atomic E-state index is 12.0. The summed E-state index contributed by atoms with van der Waals surface area (Å²) in [6, 6.07) is 0. The fraction of sp³-hybridized carbons (Fsp3) is 0.923. The Morgan fingerprint density at radius 2 is 1.89 bits per heavy atom. The summed E-state index contributed by atoms with van der Waals surface area (Å²) in [6.07, 6.45) is -1.51. The smallest absolute Gasteiger partial charge is 0.410 e. The van der Waals surface area contributed by atoms with Crippen molar-refractivity contribution in [1.82, 2.24) is 4.90 Å². The normalized spacial score (nSPS) is 25.3. The minimum absolute atomic E-state index is 0.203. The van der Waals surface area contributed by atoms with Crippen LogP contribution in [-0.2, 0) is 9.47 Å². The molecule has 0 spiro atoms. The van der Waals surface area contributed by atoms with Gasteiger partial charge >= 0.3 is 6.09 Å².